The van der Waals surface area contributed by atoms with Gasteiger partial charge in [-0.1, -0.05) is 25.0 Å². The molecule has 0 radical (unpaired) electrons. The van der Waals surface area contributed by atoms with E-state index in [4.69, 9.17) is 0 Å². The van der Waals surface area contributed by atoms with Crippen LogP contribution >= 0.6 is 0 Å². The molecule has 1 aromatic rings. The molecule has 1 aliphatic carbocycles. The summed E-state index contributed by atoms with van der Waals surface area (Å²) >= 11 is 0. The highest BCUT2D eigenvalue weighted by atomic mass is 16.3. The molecule has 1 saturated carbocycles. The minimum atomic E-state index is -0.675. The minimum Gasteiger partial charge on any atom is -0.390 e. The maximum atomic E-state index is 12.6. The Labute approximate surface area is 158 Å². The van der Waals surface area contributed by atoms with Crippen molar-refractivity contribution in [1.82, 2.24) is 10.2 Å². The topological polar surface area (TPSA) is 52.6 Å². The summed E-state index contributed by atoms with van der Waals surface area (Å²) in [7, 11) is 0. The van der Waals surface area contributed by atoms with Crippen LogP contribution in [0, 0.1) is 0 Å². The lowest BCUT2D eigenvalue weighted by Gasteiger charge is -2.36. The van der Waals surface area contributed by atoms with Crippen LogP contribution in [0.2, 0.25) is 0 Å². The first-order chi connectivity index (χ1) is 12.4. The predicted molar refractivity (Wildman–Crippen MR) is 105 cm³/mol. The molecule has 3 rings (SSSR count). The van der Waals surface area contributed by atoms with E-state index in [-0.39, 0.29) is 5.91 Å². The lowest BCUT2D eigenvalue weighted by Crippen LogP contribution is -2.47. The van der Waals surface area contributed by atoms with E-state index in [2.05, 4.69) is 10.2 Å². The number of rotatable bonds is 6. The third kappa shape index (κ3) is 5.55. The summed E-state index contributed by atoms with van der Waals surface area (Å²) in [5.41, 5.74) is 1.17. The minimum absolute atomic E-state index is 0.0365. The van der Waals surface area contributed by atoms with Crippen molar-refractivity contribution in [3.63, 3.8) is 0 Å². The quantitative estimate of drug-likeness (QED) is 0.818. The Kier molecular flexibility index (Phi) is 6.36. The standard InChI is InChI=1S/C22H34N2O2/c1-22(2,26)13-10-17-6-5-7-18(16-17)21(25)23-19-11-14-24(15-12-19)20-8-3-4-9-20/h5-7,16,19-20,26H,3-4,8-15H2,1-2H3,(H,23,25). The molecule has 1 aliphatic heterocycles. The Hall–Kier alpha value is -1.39. The van der Waals surface area contributed by atoms with Crippen LogP contribution in [0.5, 0.6) is 0 Å². The molecule has 4 nitrogen and oxygen atoms in total. The van der Waals surface area contributed by atoms with E-state index in [1.54, 1.807) is 0 Å². The molecule has 0 aromatic heterocycles. The van der Waals surface area contributed by atoms with Crippen LogP contribution in [-0.4, -0.2) is 46.7 Å². The summed E-state index contributed by atoms with van der Waals surface area (Å²) in [5.74, 6) is 0.0365. The fourth-order valence-electron chi connectivity index (χ4n) is 4.27. The van der Waals surface area contributed by atoms with E-state index < -0.39 is 5.60 Å². The third-order valence-electron chi connectivity index (χ3n) is 5.92. The number of hydrogen-bond donors (Lipinski definition) is 2. The van der Waals surface area contributed by atoms with E-state index in [0.717, 1.165) is 49.5 Å². The number of aryl methyl sites for hydroxylation is 1. The molecule has 0 spiro atoms. The second-order valence-electron chi connectivity index (χ2n) is 8.73. The maximum absolute atomic E-state index is 12.6. The summed E-state index contributed by atoms with van der Waals surface area (Å²) in [4.78, 5) is 15.3. The highest BCUT2D eigenvalue weighted by Gasteiger charge is 2.27. The highest BCUT2D eigenvalue weighted by Crippen LogP contribution is 2.26. The Morgan fingerprint density at radius 3 is 2.54 bits per heavy atom. The number of likely N-dealkylation sites (tertiary alicyclic amines) is 1. The molecule has 2 N–H and O–H groups in total. The number of aliphatic hydroxyl groups is 1. The number of nitrogens with zero attached hydrogens (tertiary/aromatic N) is 1. The lowest BCUT2D eigenvalue weighted by molar-refractivity contribution is 0.0714. The Morgan fingerprint density at radius 2 is 1.88 bits per heavy atom. The molecule has 144 valence electrons. The molecule has 1 heterocycles. The van der Waals surface area contributed by atoms with Gasteiger partial charge in [-0.05, 0) is 70.1 Å². The number of hydrogen-bond acceptors (Lipinski definition) is 3. The van der Waals surface area contributed by atoms with Crippen LogP contribution in [0.15, 0.2) is 24.3 Å². The number of piperidine rings is 1. The average Bonchev–Trinajstić information content (AvgIpc) is 3.15. The Bertz CT molecular complexity index is 594. The van der Waals surface area contributed by atoms with Crippen LogP contribution < -0.4 is 5.32 Å². The molecule has 1 saturated heterocycles. The van der Waals surface area contributed by atoms with Crippen molar-refractivity contribution in [2.24, 2.45) is 0 Å². The molecule has 0 unspecified atom stereocenters. The van der Waals surface area contributed by atoms with Gasteiger partial charge in [-0.25, -0.2) is 0 Å². The number of carbonyl (C=O) groups excluding carboxylic acids is 1. The number of benzene rings is 1. The molecule has 0 bridgehead atoms. The molecule has 26 heavy (non-hydrogen) atoms. The van der Waals surface area contributed by atoms with Gasteiger partial charge < -0.3 is 15.3 Å². The van der Waals surface area contributed by atoms with E-state index in [1.165, 1.54) is 25.7 Å². The van der Waals surface area contributed by atoms with Gasteiger partial charge in [-0.3, -0.25) is 4.79 Å². The largest absolute Gasteiger partial charge is 0.390 e. The van der Waals surface area contributed by atoms with Gasteiger partial charge in [0.2, 0.25) is 0 Å². The zero-order valence-corrected chi connectivity index (χ0v) is 16.3. The number of carbonyl (C=O) groups is 1. The molecule has 4 heteroatoms. The third-order valence-corrected chi connectivity index (χ3v) is 5.92. The summed E-state index contributed by atoms with van der Waals surface area (Å²) in [5, 5.41) is 13.1. The molecule has 2 fully saturated rings. The van der Waals surface area contributed by atoms with Gasteiger partial charge in [0, 0.05) is 30.7 Å². The maximum Gasteiger partial charge on any atom is 0.251 e. The average molecular weight is 359 g/mol. The van der Waals surface area contributed by atoms with Gasteiger partial charge in [0.05, 0.1) is 5.60 Å². The van der Waals surface area contributed by atoms with Gasteiger partial charge in [0.25, 0.3) is 5.91 Å². The summed E-state index contributed by atoms with van der Waals surface area (Å²) in [6.07, 6.45) is 9.06. The molecular formula is C22H34N2O2. The van der Waals surface area contributed by atoms with Crippen molar-refractivity contribution in [3.05, 3.63) is 35.4 Å². The second-order valence-corrected chi connectivity index (χ2v) is 8.73. The fourth-order valence-corrected chi connectivity index (χ4v) is 4.27. The van der Waals surface area contributed by atoms with Crippen molar-refractivity contribution < 1.29 is 9.90 Å². The SMILES string of the molecule is CC(C)(O)CCc1cccc(C(=O)NC2CCN(C3CCCC3)CC2)c1. The van der Waals surface area contributed by atoms with E-state index in [1.807, 2.05) is 38.1 Å². The molecular weight excluding hydrogens is 324 g/mol. The molecule has 2 aliphatic rings. The zero-order valence-electron chi connectivity index (χ0n) is 16.3. The van der Waals surface area contributed by atoms with Crippen LogP contribution in [0.4, 0.5) is 0 Å². The van der Waals surface area contributed by atoms with Gasteiger partial charge in [0.15, 0.2) is 0 Å². The number of nitrogens with one attached hydrogen (secondary N) is 1. The predicted octanol–water partition coefficient (Wildman–Crippen LogP) is 3.53. The van der Waals surface area contributed by atoms with Crippen molar-refractivity contribution in [2.75, 3.05) is 13.1 Å². The first kappa shape index (κ1) is 19.4. The molecule has 1 amide bonds. The van der Waals surface area contributed by atoms with Crippen LogP contribution in [-0.2, 0) is 6.42 Å². The second kappa shape index (κ2) is 8.53. The Morgan fingerprint density at radius 1 is 1.19 bits per heavy atom. The van der Waals surface area contributed by atoms with Crippen LogP contribution in [0.3, 0.4) is 0 Å². The Balaban J connectivity index is 1.49. The first-order valence-corrected chi connectivity index (χ1v) is 10.3. The first-order valence-electron chi connectivity index (χ1n) is 10.3. The van der Waals surface area contributed by atoms with Crippen LogP contribution in [0.1, 0.15) is 74.7 Å². The van der Waals surface area contributed by atoms with Crippen molar-refractivity contribution in [3.8, 4) is 0 Å². The van der Waals surface area contributed by atoms with Crippen molar-refractivity contribution in [1.29, 1.82) is 0 Å². The molecule has 0 atom stereocenters. The smallest absolute Gasteiger partial charge is 0.251 e. The summed E-state index contributed by atoms with van der Waals surface area (Å²) < 4.78 is 0. The summed E-state index contributed by atoms with van der Waals surface area (Å²) in [6, 6.07) is 8.91. The van der Waals surface area contributed by atoms with E-state index >= 15 is 0 Å². The van der Waals surface area contributed by atoms with Crippen molar-refractivity contribution >= 4 is 5.91 Å². The zero-order chi connectivity index (χ0) is 18.6. The highest BCUT2D eigenvalue weighted by molar-refractivity contribution is 5.94. The van der Waals surface area contributed by atoms with Gasteiger partial charge >= 0.3 is 0 Å². The normalized spacial score (nSPS) is 20.4. The fraction of sp³-hybridized carbons (Fsp3) is 0.682. The van der Waals surface area contributed by atoms with Gasteiger partial charge in [-0.2, -0.15) is 0 Å². The number of amides is 1. The van der Waals surface area contributed by atoms with E-state index in [0.29, 0.717) is 12.5 Å². The van der Waals surface area contributed by atoms with Gasteiger partial charge in [0.1, 0.15) is 0 Å². The lowest BCUT2D eigenvalue weighted by atomic mass is 9.97. The summed E-state index contributed by atoms with van der Waals surface area (Å²) in [6.45, 7) is 5.87. The van der Waals surface area contributed by atoms with Gasteiger partial charge in [-0.15, -0.1) is 0 Å². The molecule has 1 aromatic carbocycles. The van der Waals surface area contributed by atoms with Crippen molar-refractivity contribution in [2.45, 2.75) is 82.9 Å². The van der Waals surface area contributed by atoms with E-state index in [9.17, 15) is 9.90 Å². The monoisotopic (exact) mass is 358 g/mol. The van der Waals surface area contributed by atoms with Crippen LogP contribution in [0.25, 0.3) is 0 Å².